The van der Waals surface area contributed by atoms with Gasteiger partial charge in [0.1, 0.15) is 0 Å². The van der Waals surface area contributed by atoms with Crippen molar-refractivity contribution >= 4 is 20.1 Å². The maximum atomic E-state index is 12.5. The van der Waals surface area contributed by atoms with Crippen LogP contribution in [0.15, 0.2) is 24.3 Å². The molecule has 1 aromatic rings. The van der Waals surface area contributed by atoms with Gasteiger partial charge in [0.05, 0.1) is 23.3 Å². The second kappa shape index (κ2) is 4.76. The number of hydrogen-bond acceptors (Lipinski definition) is 3. The Morgan fingerprint density at radius 2 is 1.59 bits per heavy atom. The molecule has 5 heteroatoms. The molecule has 22 heavy (non-hydrogen) atoms. The molecule has 0 unspecified atom stereocenters. The van der Waals surface area contributed by atoms with E-state index in [1.54, 1.807) is 24.3 Å². The van der Waals surface area contributed by atoms with E-state index in [0.717, 1.165) is 6.42 Å². The number of nitrogens with zero attached hydrogens (tertiary/aromatic N) is 1. The summed E-state index contributed by atoms with van der Waals surface area (Å²) < 4.78 is 6.33. The molecule has 0 radical (unpaired) electrons. The number of carbonyl (C=O) groups is 2. The molecule has 2 atom stereocenters. The van der Waals surface area contributed by atoms with Gasteiger partial charge in [-0.1, -0.05) is 32.9 Å². The van der Waals surface area contributed by atoms with Crippen molar-refractivity contribution in [3.8, 4) is 0 Å². The van der Waals surface area contributed by atoms with Gasteiger partial charge in [0, 0.05) is 0 Å². The first-order chi connectivity index (χ1) is 10.1. The average Bonchev–Trinajstić information content (AvgIpc) is 3.09. The maximum Gasteiger partial charge on any atom is 0.261 e. The first-order valence-electron chi connectivity index (χ1n) is 7.78. The van der Waals surface area contributed by atoms with Crippen LogP contribution in [-0.2, 0) is 4.43 Å². The summed E-state index contributed by atoms with van der Waals surface area (Å²) in [6.45, 7) is 11.0. The zero-order valence-corrected chi connectivity index (χ0v) is 14.8. The summed E-state index contributed by atoms with van der Waals surface area (Å²) in [4.78, 5) is 26.3. The van der Waals surface area contributed by atoms with Crippen molar-refractivity contribution in [1.29, 1.82) is 0 Å². The molecule has 2 amide bonds. The maximum absolute atomic E-state index is 12.5. The Morgan fingerprint density at radius 1 is 1.09 bits per heavy atom. The first-order valence-corrected chi connectivity index (χ1v) is 10.7. The van der Waals surface area contributed by atoms with E-state index in [1.807, 2.05) is 0 Å². The third kappa shape index (κ3) is 2.32. The minimum Gasteiger partial charge on any atom is -0.412 e. The summed E-state index contributed by atoms with van der Waals surface area (Å²) >= 11 is 0. The molecule has 118 valence electrons. The van der Waals surface area contributed by atoms with Gasteiger partial charge in [-0.05, 0) is 36.7 Å². The van der Waals surface area contributed by atoms with Crippen molar-refractivity contribution in [3.05, 3.63) is 35.4 Å². The molecular weight excluding hydrogens is 294 g/mol. The molecule has 0 aromatic heterocycles. The molecule has 3 rings (SSSR count). The van der Waals surface area contributed by atoms with Crippen LogP contribution in [0.5, 0.6) is 0 Å². The molecule has 0 spiro atoms. The predicted octanol–water partition coefficient (Wildman–Crippen LogP) is 3.45. The van der Waals surface area contributed by atoms with Gasteiger partial charge in [-0.3, -0.25) is 14.5 Å². The normalized spacial score (nSPS) is 24.7. The van der Waals surface area contributed by atoms with E-state index in [-0.39, 0.29) is 29.0 Å². The van der Waals surface area contributed by atoms with Crippen LogP contribution in [-0.4, -0.2) is 37.2 Å². The minimum absolute atomic E-state index is 0.00287. The number of imide groups is 1. The first kappa shape index (κ1) is 15.4. The second-order valence-corrected chi connectivity index (χ2v) is 12.5. The predicted molar refractivity (Wildman–Crippen MR) is 87.4 cm³/mol. The van der Waals surface area contributed by atoms with E-state index >= 15 is 0 Å². The van der Waals surface area contributed by atoms with Crippen LogP contribution in [0.2, 0.25) is 18.1 Å². The van der Waals surface area contributed by atoms with E-state index in [1.165, 1.54) is 4.90 Å². The van der Waals surface area contributed by atoms with Crippen molar-refractivity contribution in [2.24, 2.45) is 0 Å². The molecule has 0 N–H and O–H groups in total. The topological polar surface area (TPSA) is 46.6 Å². The lowest BCUT2D eigenvalue weighted by atomic mass is 10.1. The number of hydrogen-bond donors (Lipinski definition) is 0. The van der Waals surface area contributed by atoms with Crippen molar-refractivity contribution < 1.29 is 14.0 Å². The Kier molecular flexibility index (Phi) is 3.34. The Balaban J connectivity index is 1.74. The molecule has 1 aliphatic heterocycles. The average molecular weight is 317 g/mol. The van der Waals surface area contributed by atoms with Gasteiger partial charge < -0.3 is 4.43 Å². The van der Waals surface area contributed by atoms with Crippen LogP contribution in [0.4, 0.5) is 0 Å². The van der Waals surface area contributed by atoms with E-state index < -0.39 is 8.32 Å². The van der Waals surface area contributed by atoms with Gasteiger partial charge in [0.15, 0.2) is 8.32 Å². The number of carbonyl (C=O) groups excluding carboxylic acids is 2. The molecule has 1 heterocycles. The molecule has 0 saturated heterocycles. The largest absolute Gasteiger partial charge is 0.412 e. The minimum atomic E-state index is -1.87. The summed E-state index contributed by atoms with van der Waals surface area (Å²) in [6, 6.07) is 6.94. The third-order valence-corrected chi connectivity index (χ3v) is 9.61. The summed E-state index contributed by atoms with van der Waals surface area (Å²) in [5.74, 6) is -0.348. The molecule has 1 aliphatic carbocycles. The fraction of sp³-hybridized carbons (Fsp3) is 0.529. The lowest BCUT2D eigenvalue weighted by molar-refractivity contribution is 0.0616. The van der Waals surface area contributed by atoms with Gasteiger partial charge >= 0.3 is 0 Å². The van der Waals surface area contributed by atoms with Gasteiger partial charge in [-0.25, -0.2) is 0 Å². The van der Waals surface area contributed by atoms with Gasteiger partial charge in [-0.2, -0.15) is 0 Å². The number of benzene rings is 1. The van der Waals surface area contributed by atoms with Crippen LogP contribution in [0.1, 0.15) is 47.9 Å². The molecule has 0 bridgehead atoms. The fourth-order valence-corrected chi connectivity index (χ4v) is 3.99. The number of fused-ring (bicyclic) bond motifs is 1. The van der Waals surface area contributed by atoms with Crippen LogP contribution in [0, 0.1) is 0 Å². The van der Waals surface area contributed by atoms with E-state index in [9.17, 15) is 9.59 Å². The smallest absolute Gasteiger partial charge is 0.261 e. The van der Waals surface area contributed by atoms with Crippen LogP contribution < -0.4 is 0 Å². The number of amides is 2. The van der Waals surface area contributed by atoms with E-state index in [4.69, 9.17) is 4.43 Å². The second-order valence-electron chi connectivity index (χ2n) is 7.75. The van der Waals surface area contributed by atoms with Gasteiger partial charge in [0.25, 0.3) is 11.8 Å². The summed E-state index contributed by atoms with van der Waals surface area (Å²) in [5, 5.41) is 0.127. The summed E-state index contributed by atoms with van der Waals surface area (Å²) in [5.41, 5.74) is 1.04. The van der Waals surface area contributed by atoms with Gasteiger partial charge in [0.2, 0.25) is 0 Å². The van der Waals surface area contributed by atoms with Crippen molar-refractivity contribution in [3.63, 3.8) is 0 Å². The van der Waals surface area contributed by atoms with Crippen molar-refractivity contribution in [2.75, 3.05) is 0 Å². The van der Waals surface area contributed by atoms with Crippen LogP contribution in [0.25, 0.3) is 0 Å². The summed E-state index contributed by atoms with van der Waals surface area (Å²) in [6.07, 6.45) is 0.765. The highest BCUT2D eigenvalue weighted by molar-refractivity contribution is 6.74. The zero-order valence-electron chi connectivity index (χ0n) is 13.8. The highest BCUT2D eigenvalue weighted by Crippen LogP contribution is 2.44. The van der Waals surface area contributed by atoms with E-state index in [2.05, 4.69) is 33.9 Å². The third-order valence-electron chi connectivity index (χ3n) is 5.11. The molecular formula is C17H23NO3Si. The van der Waals surface area contributed by atoms with Gasteiger partial charge in [-0.15, -0.1) is 0 Å². The Bertz CT molecular complexity index is 613. The Morgan fingerprint density at radius 3 is 2.05 bits per heavy atom. The Labute approximate surface area is 132 Å². The zero-order chi connectivity index (χ0) is 16.3. The lowest BCUT2D eigenvalue weighted by Crippen LogP contribution is -2.43. The Hall–Kier alpha value is -1.46. The lowest BCUT2D eigenvalue weighted by Gasteiger charge is -2.36. The van der Waals surface area contributed by atoms with Crippen molar-refractivity contribution in [2.45, 2.75) is 57.5 Å². The quantitative estimate of drug-likeness (QED) is 0.634. The van der Waals surface area contributed by atoms with Crippen LogP contribution >= 0.6 is 0 Å². The standard InChI is InChI=1S/C17H23NO3Si/c1-17(2,3)22(4,5)21-14-10-13(14)18-15(19)11-8-6-7-9-12(11)16(18)20/h6-9,13-14H,10H2,1-5H3/t13-,14-/m1/s1. The molecule has 2 aliphatic rings. The monoisotopic (exact) mass is 317 g/mol. The summed E-state index contributed by atoms with van der Waals surface area (Å²) in [7, 11) is -1.87. The fourth-order valence-electron chi connectivity index (χ4n) is 2.62. The molecule has 4 nitrogen and oxygen atoms in total. The highest BCUT2D eigenvalue weighted by atomic mass is 28.4. The number of rotatable bonds is 3. The van der Waals surface area contributed by atoms with Crippen LogP contribution in [0.3, 0.4) is 0 Å². The molecule has 1 fully saturated rings. The van der Waals surface area contributed by atoms with E-state index in [0.29, 0.717) is 11.1 Å². The highest BCUT2D eigenvalue weighted by Gasteiger charge is 2.54. The SMILES string of the molecule is CC(C)(C)[Si](C)(C)O[C@@H]1C[C@H]1N1C(=O)c2ccccc2C1=O. The molecule has 1 saturated carbocycles. The molecule has 1 aromatic carbocycles. The van der Waals surface area contributed by atoms with Crippen molar-refractivity contribution in [1.82, 2.24) is 4.90 Å².